The first-order valence-corrected chi connectivity index (χ1v) is 14.1. The van der Waals surface area contributed by atoms with Crippen molar-refractivity contribution in [3.63, 3.8) is 0 Å². The quantitative estimate of drug-likeness (QED) is 0.116. The van der Waals surface area contributed by atoms with Crippen LogP contribution in [-0.2, 0) is 4.79 Å². The second-order valence-corrected chi connectivity index (χ2v) is 10.3. The number of halogens is 1. The maximum absolute atomic E-state index is 13.0. The van der Waals surface area contributed by atoms with Crippen LogP contribution < -0.4 is 15.6 Å². The zero-order valence-corrected chi connectivity index (χ0v) is 23.4. The fourth-order valence-corrected chi connectivity index (χ4v) is 4.72. The van der Waals surface area contributed by atoms with Gasteiger partial charge in [-0.2, -0.15) is 0 Å². The number of amides is 1. The first-order chi connectivity index (χ1) is 19.8. The van der Waals surface area contributed by atoms with Crippen molar-refractivity contribution >= 4 is 40.1 Å². The Morgan fingerprint density at radius 1 is 0.829 bits per heavy atom. The van der Waals surface area contributed by atoms with Crippen molar-refractivity contribution in [1.82, 2.24) is 4.98 Å². The normalized spacial score (nSPS) is 11.0. The summed E-state index contributed by atoms with van der Waals surface area (Å²) in [4.78, 5) is 38.9. The number of hydrogen-bond donors (Lipinski definition) is 4. The number of fused-ring (bicyclic) bond motifs is 1. The summed E-state index contributed by atoms with van der Waals surface area (Å²) in [5, 5.41) is 23.2. The van der Waals surface area contributed by atoms with Crippen LogP contribution in [0.1, 0.15) is 61.7 Å². The molecule has 0 fully saturated rings. The van der Waals surface area contributed by atoms with E-state index in [1.165, 1.54) is 0 Å². The van der Waals surface area contributed by atoms with E-state index in [1.54, 1.807) is 48.5 Å². The van der Waals surface area contributed by atoms with E-state index in [0.717, 1.165) is 56.1 Å². The molecule has 0 saturated heterocycles. The number of carbonyl (C=O) groups excluding carboxylic acids is 1. The van der Waals surface area contributed by atoms with Gasteiger partial charge in [0.15, 0.2) is 0 Å². The van der Waals surface area contributed by atoms with Gasteiger partial charge < -0.3 is 25.3 Å². The minimum atomic E-state index is -0.734. The maximum atomic E-state index is 13.0. The number of carboxylic acid groups (broad SMARTS) is 1. The van der Waals surface area contributed by atoms with Crippen molar-refractivity contribution in [2.24, 2.45) is 0 Å². The summed E-state index contributed by atoms with van der Waals surface area (Å²) in [6.45, 7) is 0.572. The monoisotopic (exact) mass is 576 g/mol. The Kier molecular flexibility index (Phi) is 10.4. The van der Waals surface area contributed by atoms with E-state index in [0.29, 0.717) is 34.0 Å². The molecule has 8 nitrogen and oxygen atoms in total. The lowest BCUT2D eigenvalue weighted by Gasteiger charge is -2.11. The predicted octanol–water partition coefficient (Wildman–Crippen LogP) is 7.39. The summed E-state index contributed by atoms with van der Waals surface area (Å²) >= 11 is 5.99. The average molecular weight is 577 g/mol. The van der Waals surface area contributed by atoms with Gasteiger partial charge in [0, 0.05) is 22.5 Å². The lowest BCUT2D eigenvalue weighted by atomic mass is 10.0. The number of aromatic nitrogens is 1. The Labute approximate surface area is 243 Å². The smallest absolute Gasteiger partial charge is 0.303 e. The highest BCUT2D eigenvalue weighted by Crippen LogP contribution is 2.31. The molecule has 0 saturated carbocycles. The Balaban J connectivity index is 1.30. The zero-order chi connectivity index (χ0) is 29.2. The highest BCUT2D eigenvalue weighted by atomic mass is 35.5. The van der Waals surface area contributed by atoms with E-state index in [1.807, 2.05) is 18.2 Å². The molecule has 0 bridgehead atoms. The van der Waals surface area contributed by atoms with Gasteiger partial charge >= 0.3 is 5.97 Å². The third-order valence-corrected chi connectivity index (χ3v) is 7.06. The number of hydrogen-bond acceptors (Lipinski definition) is 5. The van der Waals surface area contributed by atoms with Crippen LogP contribution in [0.3, 0.4) is 0 Å². The Morgan fingerprint density at radius 2 is 1.46 bits per heavy atom. The number of anilines is 1. The average Bonchev–Trinajstić information content (AvgIpc) is 2.95. The van der Waals surface area contributed by atoms with Crippen molar-refractivity contribution in [2.45, 2.75) is 51.4 Å². The number of unbranched alkanes of at least 4 members (excludes halogenated alkanes) is 6. The number of carboxylic acids is 1. The van der Waals surface area contributed by atoms with Gasteiger partial charge in [-0.1, -0.05) is 61.9 Å². The van der Waals surface area contributed by atoms with Crippen LogP contribution in [-0.4, -0.2) is 33.7 Å². The third kappa shape index (κ3) is 8.35. The van der Waals surface area contributed by atoms with E-state index in [9.17, 15) is 19.5 Å². The lowest BCUT2D eigenvalue weighted by Crippen LogP contribution is -2.23. The number of aromatic hydroxyl groups is 1. The fourth-order valence-electron chi connectivity index (χ4n) is 4.59. The Bertz CT molecular complexity index is 1550. The number of H-pyrrole nitrogens is 1. The maximum Gasteiger partial charge on any atom is 0.303 e. The Morgan fingerprint density at radius 3 is 2.15 bits per heavy atom. The molecule has 0 unspecified atom stereocenters. The van der Waals surface area contributed by atoms with Gasteiger partial charge in [-0.15, -0.1) is 0 Å². The molecule has 4 aromatic rings. The topological polar surface area (TPSA) is 129 Å². The largest absolute Gasteiger partial charge is 0.506 e. The van der Waals surface area contributed by atoms with Gasteiger partial charge in [-0.05, 0) is 72.5 Å². The van der Waals surface area contributed by atoms with Crippen LogP contribution in [0.5, 0.6) is 11.5 Å². The molecule has 0 aliphatic carbocycles. The molecule has 3 aromatic carbocycles. The Hall–Kier alpha value is -4.30. The van der Waals surface area contributed by atoms with Gasteiger partial charge in [-0.25, -0.2) is 0 Å². The van der Waals surface area contributed by atoms with Crippen LogP contribution in [0.4, 0.5) is 5.69 Å². The van der Waals surface area contributed by atoms with Crippen molar-refractivity contribution in [1.29, 1.82) is 0 Å². The molecule has 1 aromatic heterocycles. The molecule has 0 radical (unpaired) electrons. The number of carbonyl (C=O) groups is 2. The molecule has 0 aliphatic rings. The molecular weight excluding hydrogens is 544 g/mol. The van der Waals surface area contributed by atoms with Crippen LogP contribution >= 0.6 is 11.6 Å². The number of nitrogens with one attached hydrogen (secondary N) is 2. The third-order valence-electron chi connectivity index (χ3n) is 6.81. The summed E-state index contributed by atoms with van der Waals surface area (Å²) < 4.78 is 5.78. The highest BCUT2D eigenvalue weighted by molar-refractivity contribution is 6.30. The molecule has 4 rings (SSSR count). The van der Waals surface area contributed by atoms with Crippen molar-refractivity contribution in [3.8, 4) is 22.6 Å². The molecule has 0 spiro atoms. The highest BCUT2D eigenvalue weighted by Gasteiger charge is 2.20. The number of ether oxygens (including phenoxy) is 1. The molecule has 214 valence electrons. The molecule has 4 N–H and O–H groups in total. The number of pyridine rings is 1. The lowest BCUT2D eigenvalue weighted by molar-refractivity contribution is -0.137. The number of aliphatic carboxylic acids is 1. The van der Waals surface area contributed by atoms with Crippen LogP contribution in [0, 0.1) is 0 Å². The van der Waals surface area contributed by atoms with E-state index < -0.39 is 23.2 Å². The van der Waals surface area contributed by atoms with Crippen LogP contribution in [0.25, 0.3) is 22.0 Å². The molecule has 41 heavy (non-hydrogen) atoms. The first-order valence-electron chi connectivity index (χ1n) is 13.7. The van der Waals surface area contributed by atoms with Crippen molar-refractivity contribution in [3.05, 3.63) is 87.7 Å². The van der Waals surface area contributed by atoms with E-state index in [2.05, 4.69) is 10.3 Å². The standard InChI is InChI=1S/C32H33ClN2O6/c33-23-12-9-21(10-13-23)22-11-18-27-26(20-22)30(38)29(32(40)35-27)31(39)34-24-14-16-25(17-15-24)41-19-7-5-3-1-2-4-6-8-28(36)37/h9-18,20H,1-8,19H2,(H,34,39)(H,36,37)(H2,35,38,40). The number of benzene rings is 3. The van der Waals surface area contributed by atoms with Crippen molar-refractivity contribution in [2.75, 3.05) is 11.9 Å². The molecule has 1 amide bonds. The molecule has 1 heterocycles. The number of rotatable bonds is 14. The van der Waals surface area contributed by atoms with Gasteiger partial charge in [0.2, 0.25) is 0 Å². The molecule has 0 atom stereocenters. The minimum Gasteiger partial charge on any atom is -0.506 e. The number of aromatic amines is 1. The SMILES string of the molecule is O=C(O)CCCCCCCCCOc1ccc(NC(=O)c2c(O)c3cc(-c4ccc(Cl)cc4)ccc3[nH]c2=O)cc1. The summed E-state index contributed by atoms with van der Waals surface area (Å²) in [7, 11) is 0. The fraction of sp³-hybridized carbons (Fsp3) is 0.281. The first kappa shape index (κ1) is 29.7. The van der Waals surface area contributed by atoms with Crippen LogP contribution in [0.15, 0.2) is 71.5 Å². The summed E-state index contributed by atoms with van der Waals surface area (Å²) in [6, 6.07) is 19.3. The zero-order valence-electron chi connectivity index (χ0n) is 22.6. The van der Waals surface area contributed by atoms with Crippen molar-refractivity contribution < 1.29 is 24.5 Å². The molecule has 9 heteroatoms. The predicted molar refractivity (Wildman–Crippen MR) is 161 cm³/mol. The second kappa shape index (κ2) is 14.4. The summed E-state index contributed by atoms with van der Waals surface area (Å²) in [5.41, 5.74) is 1.49. The van der Waals surface area contributed by atoms with Gasteiger partial charge in [0.05, 0.1) is 12.1 Å². The second-order valence-electron chi connectivity index (χ2n) is 9.89. The van der Waals surface area contributed by atoms with Gasteiger partial charge in [0.25, 0.3) is 11.5 Å². The van der Waals surface area contributed by atoms with Gasteiger partial charge in [0.1, 0.15) is 17.1 Å². The van der Waals surface area contributed by atoms with E-state index >= 15 is 0 Å². The van der Waals surface area contributed by atoms with Gasteiger partial charge in [-0.3, -0.25) is 14.4 Å². The minimum absolute atomic E-state index is 0.243. The summed E-state index contributed by atoms with van der Waals surface area (Å²) in [6.07, 6.45) is 7.11. The van der Waals surface area contributed by atoms with Crippen LogP contribution in [0.2, 0.25) is 5.02 Å². The summed E-state index contributed by atoms with van der Waals surface area (Å²) in [5.74, 6) is -1.18. The molecule has 0 aliphatic heterocycles. The van der Waals surface area contributed by atoms with E-state index in [4.69, 9.17) is 21.4 Å². The van der Waals surface area contributed by atoms with E-state index in [-0.39, 0.29) is 12.0 Å². The molecular formula is C32H33ClN2O6.